The van der Waals surface area contributed by atoms with Gasteiger partial charge in [0.1, 0.15) is 0 Å². The highest BCUT2D eigenvalue weighted by Gasteiger charge is 2.47. The molecule has 2 aliphatic carbocycles. The summed E-state index contributed by atoms with van der Waals surface area (Å²) in [7, 11) is 0. The number of carbonyl (C=O) groups excluding carboxylic acids is 1. The Bertz CT molecular complexity index is 183. The van der Waals surface area contributed by atoms with Crippen molar-refractivity contribution in [3.05, 3.63) is 0 Å². The molecule has 0 radical (unpaired) electrons. The Labute approximate surface area is 72.7 Å². The molecular weight excluding hydrogens is 152 g/mol. The number of hydrogen-bond acceptors (Lipinski definition) is 2. The summed E-state index contributed by atoms with van der Waals surface area (Å²) >= 11 is 0. The molecule has 0 aromatic heterocycles. The molecule has 0 saturated heterocycles. The summed E-state index contributed by atoms with van der Waals surface area (Å²) in [5, 5.41) is 2.85. The van der Waals surface area contributed by atoms with E-state index in [1.54, 1.807) is 0 Å². The van der Waals surface area contributed by atoms with Crippen molar-refractivity contribution < 1.29 is 4.79 Å². The minimum atomic E-state index is 0.229. The number of nitrogens with one attached hydrogen (secondary N) is 1. The van der Waals surface area contributed by atoms with Gasteiger partial charge in [-0.25, -0.2) is 0 Å². The third kappa shape index (κ3) is 1.46. The second-order valence-corrected chi connectivity index (χ2v) is 4.00. The van der Waals surface area contributed by atoms with Crippen LogP contribution in [0.25, 0.3) is 0 Å². The molecule has 2 aliphatic rings. The third-order valence-corrected chi connectivity index (χ3v) is 3.06. The van der Waals surface area contributed by atoms with Gasteiger partial charge in [0.05, 0.1) is 0 Å². The zero-order valence-corrected chi connectivity index (χ0v) is 7.25. The number of nitrogens with two attached hydrogens (primary N) is 1. The highest BCUT2D eigenvalue weighted by Crippen LogP contribution is 2.54. The zero-order chi connectivity index (χ0) is 8.55. The Balaban J connectivity index is 1.73. The maximum Gasteiger partial charge on any atom is 0.223 e. The second-order valence-electron chi connectivity index (χ2n) is 4.00. The van der Waals surface area contributed by atoms with Gasteiger partial charge in [0.25, 0.3) is 0 Å². The van der Waals surface area contributed by atoms with Crippen molar-refractivity contribution in [1.29, 1.82) is 0 Å². The van der Waals surface area contributed by atoms with E-state index in [-0.39, 0.29) is 5.91 Å². The molecule has 68 valence electrons. The van der Waals surface area contributed by atoms with Crippen LogP contribution in [0.2, 0.25) is 0 Å². The lowest BCUT2D eigenvalue weighted by Gasteiger charge is -2.10. The molecule has 1 amide bonds. The van der Waals surface area contributed by atoms with E-state index in [1.807, 2.05) is 0 Å². The van der Waals surface area contributed by atoms with Crippen LogP contribution in [0.15, 0.2) is 0 Å². The molecule has 2 fully saturated rings. The van der Waals surface area contributed by atoms with Crippen LogP contribution in [-0.4, -0.2) is 19.0 Å². The molecular formula is C9H16N2O. The first-order valence-corrected chi connectivity index (χ1v) is 4.79. The van der Waals surface area contributed by atoms with Crippen LogP contribution >= 0.6 is 0 Å². The lowest BCUT2D eigenvalue weighted by molar-refractivity contribution is -0.125. The van der Waals surface area contributed by atoms with Gasteiger partial charge < -0.3 is 11.1 Å². The molecule has 0 bridgehead atoms. The Kier molecular flexibility index (Phi) is 2.05. The number of carbonyl (C=O) groups is 1. The molecule has 0 aromatic rings. The fourth-order valence-corrected chi connectivity index (χ4v) is 2.27. The summed E-state index contributed by atoms with van der Waals surface area (Å²) in [6, 6.07) is 0. The fraction of sp³-hybridized carbons (Fsp3) is 0.889. The smallest absolute Gasteiger partial charge is 0.223 e. The SMILES string of the molecule is NCCNC(=O)C1CC2CC2C1. The van der Waals surface area contributed by atoms with Crippen molar-refractivity contribution in [3.63, 3.8) is 0 Å². The van der Waals surface area contributed by atoms with Crippen LogP contribution in [0, 0.1) is 17.8 Å². The summed E-state index contributed by atoms with van der Waals surface area (Å²) in [4.78, 5) is 11.4. The fourth-order valence-electron chi connectivity index (χ4n) is 2.27. The quantitative estimate of drug-likeness (QED) is 0.628. The van der Waals surface area contributed by atoms with E-state index in [9.17, 15) is 4.79 Å². The van der Waals surface area contributed by atoms with Crippen LogP contribution in [0.4, 0.5) is 0 Å². The van der Waals surface area contributed by atoms with Crippen molar-refractivity contribution >= 4 is 5.91 Å². The second kappa shape index (κ2) is 3.05. The Morgan fingerprint density at radius 1 is 1.33 bits per heavy atom. The Morgan fingerprint density at radius 3 is 2.58 bits per heavy atom. The molecule has 0 aromatic carbocycles. The molecule has 0 aliphatic heterocycles. The first-order chi connectivity index (χ1) is 5.81. The summed E-state index contributed by atoms with van der Waals surface area (Å²) in [6.45, 7) is 1.18. The average molecular weight is 168 g/mol. The molecule has 0 spiro atoms. The zero-order valence-electron chi connectivity index (χ0n) is 7.25. The van der Waals surface area contributed by atoms with Gasteiger partial charge in [-0.3, -0.25) is 4.79 Å². The van der Waals surface area contributed by atoms with Crippen molar-refractivity contribution in [2.45, 2.75) is 19.3 Å². The molecule has 12 heavy (non-hydrogen) atoms. The predicted molar refractivity (Wildman–Crippen MR) is 46.4 cm³/mol. The molecule has 3 nitrogen and oxygen atoms in total. The number of fused-ring (bicyclic) bond motifs is 1. The van der Waals surface area contributed by atoms with E-state index >= 15 is 0 Å². The van der Waals surface area contributed by atoms with Crippen LogP contribution in [0.5, 0.6) is 0 Å². The van der Waals surface area contributed by atoms with E-state index in [0.717, 1.165) is 24.7 Å². The third-order valence-electron chi connectivity index (χ3n) is 3.06. The molecule has 2 unspecified atom stereocenters. The van der Waals surface area contributed by atoms with Crippen LogP contribution < -0.4 is 11.1 Å². The summed E-state index contributed by atoms with van der Waals surface area (Å²) in [6.07, 6.45) is 3.63. The average Bonchev–Trinajstić information content (AvgIpc) is 2.69. The molecule has 3 N–H and O–H groups in total. The van der Waals surface area contributed by atoms with Crippen molar-refractivity contribution in [3.8, 4) is 0 Å². The molecule has 0 heterocycles. The largest absolute Gasteiger partial charge is 0.355 e. The van der Waals surface area contributed by atoms with Crippen LogP contribution in [0.1, 0.15) is 19.3 Å². The van der Waals surface area contributed by atoms with Gasteiger partial charge in [-0.05, 0) is 31.1 Å². The lowest BCUT2D eigenvalue weighted by atomic mass is 10.0. The van der Waals surface area contributed by atoms with Crippen LogP contribution in [-0.2, 0) is 4.79 Å². The van der Waals surface area contributed by atoms with Gasteiger partial charge in [0.15, 0.2) is 0 Å². The van der Waals surface area contributed by atoms with Crippen LogP contribution in [0.3, 0.4) is 0 Å². The molecule has 2 atom stereocenters. The van der Waals surface area contributed by atoms with E-state index in [1.165, 1.54) is 6.42 Å². The number of hydrogen-bond donors (Lipinski definition) is 2. The highest BCUT2D eigenvalue weighted by molar-refractivity contribution is 5.79. The topological polar surface area (TPSA) is 55.1 Å². The lowest BCUT2D eigenvalue weighted by Crippen LogP contribution is -2.33. The van der Waals surface area contributed by atoms with Gasteiger partial charge in [-0.2, -0.15) is 0 Å². The van der Waals surface area contributed by atoms with E-state index < -0.39 is 0 Å². The van der Waals surface area contributed by atoms with E-state index in [0.29, 0.717) is 19.0 Å². The standard InChI is InChI=1S/C9H16N2O/c10-1-2-11-9(12)8-4-6-3-7(6)5-8/h6-8H,1-5,10H2,(H,11,12). The van der Waals surface area contributed by atoms with Gasteiger partial charge in [-0.1, -0.05) is 0 Å². The monoisotopic (exact) mass is 168 g/mol. The summed E-state index contributed by atoms with van der Waals surface area (Å²) in [5.74, 6) is 2.31. The summed E-state index contributed by atoms with van der Waals surface area (Å²) in [5.41, 5.74) is 5.30. The first-order valence-electron chi connectivity index (χ1n) is 4.79. The number of amides is 1. The van der Waals surface area contributed by atoms with Crippen molar-refractivity contribution in [2.75, 3.05) is 13.1 Å². The minimum absolute atomic E-state index is 0.229. The van der Waals surface area contributed by atoms with Gasteiger partial charge in [0.2, 0.25) is 5.91 Å². The number of rotatable bonds is 3. The molecule has 3 heteroatoms. The van der Waals surface area contributed by atoms with Gasteiger partial charge in [0, 0.05) is 19.0 Å². The maximum absolute atomic E-state index is 11.4. The van der Waals surface area contributed by atoms with Gasteiger partial charge in [-0.15, -0.1) is 0 Å². The maximum atomic E-state index is 11.4. The molecule has 2 rings (SSSR count). The summed E-state index contributed by atoms with van der Waals surface area (Å²) < 4.78 is 0. The highest BCUT2D eigenvalue weighted by atomic mass is 16.1. The normalized spacial score (nSPS) is 37.6. The van der Waals surface area contributed by atoms with Gasteiger partial charge >= 0.3 is 0 Å². The Morgan fingerprint density at radius 2 is 2.00 bits per heavy atom. The van der Waals surface area contributed by atoms with Crippen molar-refractivity contribution in [1.82, 2.24) is 5.32 Å². The van der Waals surface area contributed by atoms with E-state index in [2.05, 4.69) is 5.32 Å². The van der Waals surface area contributed by atoms with E-state index in [4.69, 9.17) is 5.73 Å². The molecule has 2 saturated carbocycles. The predicted octanol–water partition coefficient (Wildman–Crippen LogP) is 0.107. The minimum Gasteiger partial charge on any atom is -0.355 e. The first kappa shape index (κ1) is 8.05. The Hall–Kier alpha value is -0.570. The van der Waals surface area contributed by atoms with Crippen molar-refractivity contribution in [2.24, 2.45) is 23.5 Å².